The summed E-state index contributed by atoms with van der Waals surface area (Å²) in [6.45, 7) is 4.84. The van der Waals surface area contributed by atoms with Crippen molar-refractivity contribution in [2.75, 3.05) is 12.4 Å². The Morgan fingerprint density at radius 3 is 2.60 bits per heavy atom. The number of ether oxygens (including phenoxy) is 1. The summed E-state index contributed by atoms with van der Waals surface area (Å²) in [4.78, 5) is 0. The molecule has 0 aliphatic rings. The highest BCUT2D eigenvalue weighted by Gasteiger charge is 2.08. The van der Waals surface area contributed by atoms with Gasteiger partial charge in [0.1, 0.15) is 5.75 Å². The molecule has 0 saturated carbocycles. The Balaban J connectivity index is 2.23. The normalized spacial score (nSPS) is 10.4. The number of aryl methyl sites for hydroxylation is 2. The first kappa shape index (κ1) is 15.2. The summed E-state index contributed by atoms with van der Waals surface area (Å²) in [7, 11) is 1.67. The summed E-state index contributed by atoms with van der Waals surface area (Å²) >= 11 is 9.65. The lowest BCUT2D eigenvalue weighted by Crippen LogP contribution is -2.04. The molecule has 0 aliphatic carbocycles. The van der Waals surface area contributed by atoms with Crippen molar-refractivity contribution in [1.82, 2.24) is 0 Å². The number of rotatable bonds is 4. The van der Waals surface area contributed by atoms with Crippen molar-refractivity contribution in [2.24, 2.45) is 0 Å². The summed E-state index contributed by atoms with van der Waals surface area (Å²) in [6, 6.07) is 9.89. The molecular formula is C16H17BrClNO. The fourth-order valence-corrected chi connectivity index (χ4v) is 3.22. The van der Waals surface area contributed by atoms with Crippen LogP contribution in [0, 0.1) is 13.8 Å². The van der Waals surface area contributed by atoms with Gasteiger partial charge < -0.3 is 10.1 Å². The molecule has 4 heteroatoms. The van der Waals surface area contributed by atoms with Gasteiger partial charge >= 0.3 is 0 Å². The number of halogens is 2. The fourth-order valence-electron chi connectivity index (χ4n) is 2.21. The Kier molecular flexibility index (Phi) is 4.95. The Bertz CT molecular complexity index is 605. The van der Waals surface area contributed by atoms with Gasteiger partial charge in [0, 0.05) is 21.6 Å². The van der Waals surface area contributed by atoms with Crippen LogP contribution >= 0.6 is 27.5 Å². The molecular weight excluding hydrogens is 338 g/mol. The number of methoxy groups -OCH3 is 1. The molecule has 2 rings (SSSR count). The van der Waals surface area contributed by atoms with Crippen LogP contribution in [0.2, 0.25) is 5.02 Å². The van der Waals surface area contributed by atoms with Crippen molar-refractivity contribution in [1.29, 1.82) is 0 Å². The summed E-state index contributed by atoms with van der Waals surface area (Å²) in [5.41, 5.74) is 4.57. The van der Waals surface area contributed by atoms with E-state index in [1.807, 2.05) is 18.2 Å². The molecule has 0 amide bonds. The molecule has 0 radical (unpaired) electrons. The second-order valence-corrected chi connectivity index (χ2v) is 6.04. The van der Waals surface area contributed by atoms with Gasteiger partial charge in [0.05, 0.1) is 12.8 Å². The van der Waals surface area contributed by atoms with Crippen molar-refractivity contribution in [3.05, 3.63) is 56.5 Å². The van der Waals surface area contributed by atoms with E-state index in [-0.39, 0.29) is 0 Å². The summed E-state index contributed by atoms with van der Waals surface area (Å²) in [6.07, 6.45) is 0. The van der Waals surface area contributed by atoms with E-state index in [1.54, 1.807) is 7.11 Å². The van der Waals surface area contributed by atoms with Gasteiger partial charge in [0.2, 0.25) is 0 Å². The predicted molar refractivity (Wildman–Crippen MR) is 88.9 cm³/mol. The van der Waals surface area contributed by atoms with Crippen molar-refractivity contribution in [3.63, 3.8) is 0 Å². The van der Waals surface area contributed by atoms with E-state index in [9.17, 15) is 0 Å². The van der Waals surface area contributed by atoms with Crippen molar-refractivity contribution >= 4 is 33.2 Å². The van der Waals surface area contributed by atoms with E-state index in [0.29, 0.717) is 11.6 Å². The molecule has 0 heterocycles. The summed E-state index contributed by atoms with van der Waals surface area (Å²) in [5.74, 6) is 0.836. The summed E-state index contributed by atoms with van der Waals surface area (Å²) < 4.78 is 6.42. The van der Waals surface area contributed by atoms with Gasteiger partial charge in [0.25, 0.3) is 0 Å². The second kappa shape index (κ2) is 6.51. The third-order valence-corrected chi connectivity index (χ3v) is 3.99. The van der Waals surface area contributed by atoms with Crippen LogP contribution in [0.5, 0.6) is 5.75 Å². The maximum Gasteiger partial charge on any atom is 0.123 e. The van der Waals surface area contributed by atoms with E-state index in [1.165, 1.54) is 11.1 Å². The molecule has 1 N–H and O–H groups in total. The topological polar surface area (TPSA) is 21.3 Å². The Morgan fingerprint density at radius 2 is 1.95 bits per heavy atom. The molecule has 2 aromatic carbocycles. The Morgan fingerprint density at radius 1 is 1.20 bits per heavy atom. The van der Waals surface area contributed by atoms with Crippen LogP contribution in [0.3, 0.4) is 0 Å². The van der Waals surface area contributed by atoms with Crippen LogP contribution < -0.4 is 10.1 Å². The zero-order chi connectivity index (χ0) is 14.7. The number of hydrogen-bond acceptors (Lipinski definition) is 2. The minimum absolute atomic E-state index is 0.659. The van der Waals surface area contributed by atoms with Gasteiger partial charge in [-0.3, -0.25) is 0 Å². The standard InChI is InChI=1S/C16H17BrClNO/c1-10-6-11(2)16(14(17)7-10)19-9-12-8-13(18)4-5-15(12)20-3/h4-8,19H,9H2,1-3H3. The average molecular weight is 355 g/mol. The number of anilines is 1. The molecule has 0 atom stereocenters. The first-order chi connectivity index (χ1) is 9.51. The predicted octanol–water partition coefficient (Wildman–Crippen LogP) is 5.34. The van der Waals surface area contributed by atoms with Gasteiger partial charge in [-0.2, -0.15) is 0 Å². The molecule has 2 nitrogen and oxygen atoms in total. The van der Waals surface area contributed by atoms with Crippen LogP contribution in [0.15, 0.2) is 34.8 Å². The first-order valence-electron chi connectivity index (χ1n) is 6.34. The molecule has 20 heavy (non-hydrogen) atoms. The summed E-state index contributed by atoms with van der Waals surface area (Å²) in [5, 5.41) is 4.15. The number of benzene rings is 2. The lowest BCUT2D eigenvalue weighted by Gasteiger charge is -2.15. The SMILES string of the molecule is COc1ccc(Cl)cc1CNc1c(C)cc(C)cc1Br. The fraction of sp³-hybridized carbons (Fsp3) is 0.250. The van der Waals surface area contributed by atoms with Gasteiger partial charge in [-0.25, -0.2) is 0 Å². The zero-order valence-electron chi connectivity index (χ0n) is 11.8. The van der Waals surface area contributed by atoms with Crippen LogP contribution in [0.4, 0.5) is 5.69 Å². The van der Waals surface area contributed by atoms with Crippen molar-refractivity contribution < 1.29 is 4.74 Å². The van der Waals surface area contributed by atoms with Gasteiger partial charge in [-0.1, -0.05) is 17.7 Å². The smallest absolute Gasteiger partial charge is 0.123 e. The minimum atomic E-state index is 0.659. The maximum absolute atomic E-state index is 6.05. The van der Waals surface area contributed by atoms with E-state index in [2.05, 4.69) is 47.2 Å². The average Bonchev–Trinajstić information content (AvgIpc) is 2.37. The maximum atomic E-state index is 6.05. The van der Waals surface area contributed by atoms with Crippen LogP contribution in [-0.2, 0) is 6.54 Å². The van der Waals surface area contributed by atoms with E-state index in [0.717, 1.165) is 21.5 Å². The molecule has 0 bridgehead atoms. The molecule has 0 unspecified atom stereocenters. The monoisotopic (exact) mass is 353 g/mol. The first-order valence-corrected chi connectivity index (χ1v) is 7.51. The van der Waals surface area contributed by atoms with E-state index < -0.39 is 0 Å². The minimum Gasteiger partial charge on any atom is -0.496 e. The van der Waals surface area contributed by atoms with Crippen LogP contribution in [0.1, 0.15) is 16.7 Å². The molecule has 0 aliphatic heterocycles. The van der Waals surface area contributed by atoms with Gasteiger partial charge in [0.15, 0.2) is 0 Å². The highest BCUT2D eigenvalue weighted by molar-refractivity contribution is 9.10. The lowest BCUT2D eigenvalue weighted by atomic mass is 10.1. The lowest BCUT2D eigenvalue weighted by molar-refractivity contribution is 0.410. The Hall–Kier alpha value is -1.19. The molecule has 106 valence electrons. The highest BCUT2D eigenvalue weighted by atomic mass is 79.9. The largest absolute Gasteiger partial charge is 0.496 e. The third kappa shape index (κ3) is 3.47. The van der Waals surface area contributed by atoms with E-state index in [4.69, 9.17) is 16.3 Å². The van der Waals surface area contributed by atoms with Gasteiger partial charge in [-0.15, -0.1) is 0 Å². The molecule has 2 aromatic rings. The number of nitrogens with one attached hydrogen (secondary N) is 1. The number of hydrogen-bond donors (Lipinski definition) is 1. The molecule has 0 aromatic heterocycles. The molecule has 0 fully saturated rings. The second-order valence-electron chi connectivity index (χ2n) is 4.75. The third-order valence-electron chi connectivity index (χ3n) is 3.13. The van der Waals surface area contributed by atoms with Crippen molar-refractivity contribution in [2.45, 2.75) is 20.4 Å². The van der Waals surface area contributed by atoms with E-state index >= 15 is 0 Å². The molecule has 0 spiro atoms. The van der Waals surface area contributed by atoms with Crippen LogP contribution in [0.25, 0.3) is 0 Å². The quantitative estimate of drug-likeness (QED) is 0.800. The van der Waals surface area contributed by atoms with Crippen molar-refractivity contribution in [3.8, 4) is 5.75 Å². The highest BCUT2D eigenvalue weighted by Crippen LogP contribution is 2.30. The zero-order valence-corrected chi connectivity index (χ0v) is 14.1. The van der Waals surface area contributed by atoms with Gasteiger partial charge in [-0.05, 0) is 65.2 Å². The van der Waals surface area contributed by atoms with Crippen LogP contribution in [-0.4, -0.2) is 7.11 Å². The Labute approximate surface area is 133 Å². The molecule has 0 saturated heterocycles.